The molecule has 1 aliphatic rings. The molecule has 1 aromatic heterocycles. The number of carbonyl (C=O) groups is 1. The zero-order valence-electron chi connectivity index (χ0n) is 13.5. The lowest BCUT2D eigenvalue weighted by Gasteiger charge is -2.30. The van der Waals surface area contributed by atoms with Crippen molar-refractivity contribution in [1.29, 1.82) is 0 Å². The fraction of sp³-hybridized carbons (Fsp3) is 0.211. The number of ether oxygens (including phenoxy) is 1. The van der Waals surface area contributed by atoms with Gasteiger partial charge in [0.15, 0.2) is 0 Å². The van der Waals surface area contributed by atoms with Crippen molar-refractivity contribution in [3.63, 3.8) is 0 Å². The maximum absolute atomic E-state index is 12.2. The molecule has 2 atom stereocenters. The van der Waals surface area contributed by atoms with Gasteiger partial charge in [-0.2, -0.15) is 0 Å². The lowest BCUT2D eigenvalue weighted by atomic mass is 9.90. The molecule has 0 radical (unpaired) electrons. The molecule has 0 bridgehead atoms. The summed E-state index contributed by atoms with van der Waals surface area (Å²) in [6, 6.07) is 13.3. The molecule has 2 aromatic carbocycles. The second-order valence-corrected chi connectivity index (χ2v) is 7.43. The summed E-state index contributed by atoms with van der Waals surface area (Å²) in [5.41, 5.74) is 4.16. The van der Waals surface area contributed by atoms with Crippen molar-refractivity contribution in [2.24, 2.45) is 0 Å². The summed E-state index contributed by atoms with van der Waals surface area (Å²) in [6.07, 6.45) is 0.580. The van der Waals surface area contributed by atoms with E-state index in [4.69, 9.17) is 16.3 Å². The number of aromatic nitrogens is 1. The van der Waals surface area contributed by atoms with E-state index >= 15 is 0 Å². The predicted molar refractivity (Wildman–Crippen MR) is 102 cm³/mol. The fourth-order valence-electron chi connectivity index (χ4n) is 3.51. The number of hydrogen-bond acceptors (Lipinski definition) is 3. The van der Waals surface area contributed by atoms with Crippen LogP contribution in [0, 0.1) is 0 Å². The van der Waals surface area contributed by atoms with Gasteiger partial charge < -0.3 is 9.72 Å². The Morgan fingerprint density at radius 2 is 2.08 bits per heavy atom. The lowest BCUT2D eigenvalue weighted by molar-refractivity contribution is -0.143. The van der Waals surface area contributed by atoms with E-state index in [1.54, 1.807) is 0 Å². The van der Waals surface area contributed by atoms with Crippen molar-refractivity contribution in [2.45, 2.75) is 18.5 Å². The Hall–Kier alpha value is -1.82. The Kier molecular flexibility index (Phi) is 4.31. The van der Waals surface area contributed by atoms with Gasteiger partial charge in [-0.05, 0) is 29.3 Å². The number of H-pyrrole nitrogens is 1. The Bertz CT molecular complexity index is 969. The molecule has 6 heteroatoms. The fourth-order valence-corrected chi connectivity index (χ4v) is 4.29. The first kappa shape index (κ1) is 16.6. The molecular formula is C19H16BrClN2O2. The van der Waals surface area contributed by atoms with E-state index in [9.17, 15) is 4.79 Å². The maximum Gasteiger partial charge on any atom is 0.323 e. The Labute approximate surface area is 158 Å². The molecule has 0 spiro atoms. The van der Waals surface area contributed by atoms with Gasteiger partial charge in [0.1, 0.15) is 6.04 Å². The summed E-state index contributed by atoms with van der Waals surface area (Å²) >= 11 is 9.93. The smallest absolute Gasteiger partial charge is 0.323 e. The molecule has 3 aromatic rings. The molecule has 4 rings (SSSR count). The third-order valence-corrected chi connectivity index (χ3v) is 5.49. The molecule has 0 saturated heterocycles. The zero-order valence-corrected chi connectivity index (χ0v) is 15.8. The van der Waals surface area contributed by atoms with E-state index in [-0.39, 0.29) is 12.0 Å². The standard InChI is InChI=1S/C19H16BrClN2O2/c1-25-19(24)16-9-13-11-4-2-3-5-15(11)22-18(13)17(23-16)12-7-6-10(20)8-14(12)21/h2-8,16-17,22-23H,9H2,1H3/t16-,17+/m0/s1. The van der Waals surface area contributed by atoms with Gasteiger partial charge in [0.05, 0.1) is 13.2 Å². The number of hydrogen-bond donors (Lipinski definition) is 2. The molecular weight excluding hydrogens is 404 g/mol. The third-order valence-electron chi connectivity index (χ3n) is 4.67. The van der Waals surface area contributed by atoms with Crippen LogP contribution in [0.2, 0.25) is 5.02 Å². The summed E-state index contributed by atoms with van der Waals surface area (Å²) in [7, 11) is 1.41. The number of benzene rings is 2. The first-order valence-corrected chi connectivity index (χ1v) is 9.14. The van der Waals surface area contributed by atoms with E-state index < -0.39 is 6.04 Å². The van der Waals surface area contributed by atoms with Crippen LogP contribution in [0.1, 0.15) is 22.9 Å². The van der Waals surface area contributed by atoms with Gasteiger partial charge in [-0.25, -0.2) is 0 Å². The monoisotopic (exact) mass is 418 g/mol. The lowest BCUT2D eigenvalue weighted by Crippen LogP contribution is -2.45. The van der Waals surface area contributed by atoms with Crippen LogP contribution in [0.4, 0.5) is 0 Å². The number of rotatable bonds is 2. The Balaban J connectivity index is 1.90. The summed E-state index contributed by atoms with van der Waals surface area (Å²) in [5.74, 6) is -0.269. The van der Waals surface area contributed by atoms with Crippen molar-refractivity contribution < 1.29 is 9.53 Å². The highest BCUT2D eigenvalue weighted by atomic mass is 79.9. The molecule has 0 saturated carbocycles. The van der Waals surface area contributed by atoms with Crippen LogP contribution in [-0.2, 0) is 16.0 Å². The largest absolute Gasteiger partial charge is 0.468 e. The quantitative estimate of drug-likeness (QED) is 0.607. The summed E-state index contributed by atoms with van der Waals surface area (Å²) in [6.45, 7) is 0. The van der Waals surface area contributed by atoms with Gasteiger partial charge in [0, 0.05) is 32.5 Å². The number of fused-ring (bicyclic) bond motifs is 3. The minimum absolute atomic E-state index is 0.208. The number of para-hydroxylation sites is 1. The second-order valence-electron chi connectivity index (χ2n) is 6.11. The van der Waals surface area contributed by atoms with Crippen molar-refractivity contribution in [1.82, 2.24) is 10.3 Å². The number of aromatic amines is 1. The van der Waals surface area contributed by atoms with Crippen LogP contribution in [0.15, 0.2) is 46.9 Å². The molecule has 0 aliphatic carbocycles. The number of halogens is 2. The molecule has 1 aliphatic heterocycles. The van der Waals surface area contributed by atoms with Gasteiger partial charge in [-0.1, -0.05) is 51.8 Å². The topological polar surface area (TPSA) is 54.1 Å². The summed E-state index contributed by atoms with van der Waals surface area (Å²) in [4.78, 5) is 15.7. The first-order chi connectivity index (χ1) is 12.1. The molecule has 0 unspecified atom stereocenters. The number of carbonyl (C=O) groups excluding carboxylic acids is 1. The van der Waals surface area contributed by atoms with Crippen molar-refractivity contribution >= 4 is 44.4 Å². The Morgan fingerprint density at radius 3 is 2.84 bits per heavy atom. The van der Waals surface area contributed by atoms with Crippen LogP contribution in [0.25, 0.3) is 10.9 Å². The van der Waals surface area contributed by atoms with Crippen molar-refractivity contribution in [3.8, 4) is 0 Å². The second kappa shape index (κ2) is 6.48. The molecule has 128 valence electrons. The third kappa shape index (κ3) is 2.86. The van der Waals surface area contributed by atoms with E-state index in [1.807, 2.05) is 36.4 Å². The first-order valence-electron chi connectivity index (χ1n) is 7.97. The molecule has 2 N–H and O–H groups in total. The van der Waals surface area contributed by atoms with Gasteiger partial charge in [0.2, 0.25) is 0 Å². The highest BCUT2D eigenvalue weighted by molar-refractivity contribution is 9.10. The molecule has 2 heterocycles. The van der Waals surface area contributed by atoms with E-state index in [1.165, 1.54) is 7.11 Å². The van der Waals surface area contributed by atoms with Gasteiger partial charge in [-0.3, -0.25) is 10.1 Å². The minimum atomic E-state index is -0.415. The van der Waals surface area contributed by atoms with Gasteiger partial charge >= 0.3 is 5.97 Å². The van der Waals surface area contributed by atoms with E-state index in [0.717, 1.165) is 32.2 Å². The average Bonchev–Trinajstić information content (AvgIpc) is 2.99. The summed E-state index contributed by atoms with van der Waals surface area (Å²) in [5, 5.41) is 5.16. The van der Waals surface area contributed by atoms with E-state index in [0.29, 0.717) is 11.4 Å². The van der Waals surface area contributed by atoms with Crippen molar-refractivity contribution in [3.05, 3.63) is 68.8 Å². The van der Waals surface area contributed by atoms with Crippen LogP contribution < -0.4 is 5.32 Å². The van der Waals surface area contributed by atoms with Gasteiger partial charge in [-0.15, -0.1) is 0 Å². The average molecular weight is 420 g/mol. The van der Waals surface area contributed by atoms with Crippen LogP contribution in [-0.4, -0.2) is 24.1 Å². The number of esters is 1. The Morgan fingerprint density at radius 1 is 1.28 bits per heavy atom. The van der Waals surface area contributed by atoms with Crippen LogP contribution in [0.5, 0.6) is 0 Å². The molecule has 25 heavy (non-hydrogen) atoms. The molecule has 4 nitrogen and oxygen atoms in total. The van der Waals surface area contributed by atoms with Crippen LogP contribution >= 0.6 is 27.5 Å². The normalized spacial score (nSPS) is 19.6. The highest BCUT2D eigenvalue weighted by Gasteiger charge is 2.35. The SMILES string of the molecule is COC(=O)[C@@H]1Cc2c([nH]c3ccccc23)[C@@H](c2ccc(Br)cc2Cl)N1. The highest BCUT2D eigenvalue weighted by Crippen LogP contribution is 2.38. The number of methoxy groups -OCH3 is 1. The van der Waals surface area contributed by atoms with E-state index in [2.05, 4.69) is 32.3 Å². The molecule has 0 fully saturated rings. The van der Waals surface area contributed by atoms with Crippen molar-refractivity contribution in [2.75, 3.05) is 7.11 Å². The van der Waals surface area contributed by atoms with Crippen LogP contribution in [0.3, 0.4) is 0 Å². The number of nitrogens with one attached hydrogen (secondary N) is 2. The summed E-state index contributed by atoms with van der Waals surface area (Å²) < 4.78 is 5.89. The predicted octanol–water partition coefficient (Wildman–Crippen LogP) is 4.36. The van der Waals surface area contributed by atoms with Gasteiger partial charge in [0.25, 0.3) is 0 Å². The maximum atomic E-state index is 12.2. The minimum Gasteiger partial charge on any atom is -0.468 e. The zero-order chi connectivity index (χ0) is 17.6. The molecule has 0 amide bonds.